The second kappa shape index (κ2) is 9.92. The molecule has 3 aromatic rings. The van der Waals surface area contributed by atoms with Crippen LogP contribution >= 0.6 is 0 Å². The lowest BCUT2D eigenvalue weighted by Crippen LogP contribution is -2.48. The monoisotopic (exact) mass is 464 g/mol. The molecule has 11 heteroatoms. The molecule has 2 N–H and O–H groups in total. The van der Waals surface area contributed by atoms with Crippen LogP contribution in [0.5, 0.6) is 0 Å². The second-order valence-electron chi connectivity index (χ2n) is 8.40. The van der Waals surface area contributed by atoms with Gasteiger partial charge in [0.15, 0.2) is 11.6 Å². The van der Waals surface area contributed by atoms with Crippen molar-refractivity contribution in [2.45, 2.75) is 26.1 Å². The number of piperazine rings is 1. The van der Waals surface area contributed by atoms with Gasteiger partial charge in [0, 0.05) is 56.2 Å². The average Bonchev–Trinajstić information content (AvgIpc) is 3.41. The third-order valence-electron chi connectivity index (χ3n) is 5.84. The van der Waals surface area contributed by atoms with Crippen LogP contribution in [0.2, 0.25) is 0 Å². The maximum Gasteiger partial charge on any atom is 0.522 e. The van der Waals surface area contributed by atoms with Crippen molar-refractivity contribution >= 4 is 22.6 Å². The van der Waals surface area contributed by atoms with Crippen molar-refractivity contribution in [3.8, 4) is 0 Å². The molecule has 1 aromatic carbocycles. The summed E-state index contributed by atoms with van der Waals surface area (Å²) in [5.41, 5.74) is 2.27. The minimum atomic E-state index is -4.60. The molecule has 1 fully saturated rings. The molecule has 1 aliphatic rings. The Morgan fingerprint density at radius 3 is 2.73 bits per heavy atom. The average molecular weight is 464 g/mol. The summed E-state index contributed by atoms with van der Waals surface area (Å²) in [6.45, 7) is 4.13. The van der Waals surface area contributed by atoms with Crippen LogP contribution in [0.4, 0.5) is 19.1 Å². The first kappa shape index (κ1) is 23.2. The zero-order chi connectivity index (χ0) is 23.4. The Bertz CT molecular complexity index is 1070. The first-order chi connectivity index (χ1) is 15.8. The minimum Gasteiger partial charge on any atom is -0.361 e. The van der Waals surface area contributed by atoms with Gasteiger partial charge >= 0.3 is 6.36 Å². The van der Waals surface area contributed by atoms with Gasteiger partial charge in [0.2, 0.25) is 5.95 Å². The summed E-state index contributed by atoms with van der Waals surface area (Å²) in [6.07, 6.45) is -1.48. The third kappa shape index (κ3) is 6.11. The number of ether oxygens (including phenoxy) is 1. The Hall–Kier alpha value is -2.92. The third-order valence-corrected chi connectivity index (χ3v) is 5.84. The van der Waals surface area contributed by atoms with Gasteiger partial charge < -0.3 is 9.88 Å². The summed E-state index contributed by atoms with van der Waals surface area (Å²) >= 11 is 0. The fourth-order valence-electron chi connectivity index (χ4n) is 4.14. The fraction of sp³-hybridized carbons (Fsp3) is 0.500. The van der Waals surface area contributed by atoms with E-state index in [1.54, 1.807) is 0 Å². The van der Waals surface area contributed by atoms with Crippen LogP contribution in [-0.2, 0) is 11.2 Å². The number of ketones is 1. The highest BCUT2D eigenvalue weighted by Crippen LogP contribution is 2.23. The quantitative estimate of drug-likeness (QED) is 0.472. The van der Waals surface area contributed by atoms with Crippen LogP contribution in [0.3, 0.4) is 0 Å². The lowest BCUT2D eigenvalue weighted by atomic mass is 9.95. The zero-order valence-corrected chi connectivity index (χ0v) is 18.4. The first-order valence-electron chi connectivity index (χ1n) is 11.0. The first-order valence-corrected chi connectivity index (χ1v) is 11.0. The SMILES string of the molecule is CC(CC(=O)c1nc(N2CCN(CCOC(F)(F)F)CC2)n[nH]1)Cc1c[nH]c2ccccc12. The van der Waals surface area contributed by atoms with Crippen LogP contribution in [0.25, 0.3) is 10.9 Å². The number of Topliss-reactive ketones (excluding diaryl/α,β-unsaturated/α-hetero) is 1. The van der Waals surface area contributed by atoms with E-state index in [4.69, 9.17) is 0 Å². The molecular weight excluding hydrogens is 437 g/mol. The number of carbonyl (C=O) groups excluding carboxylic acids is 1. The van der Waals surface area contributed by atoms with Gasteiger partial charge in [-0.25, -0.2) is 0 Å². The van der Waals surface area contributed by atoms with Crippen LogP contribution in [0.1, 0.15) is 29.5 Å². The van der Waals surface area contributed by atoms with E-state index in [1.165, 1.54) is 10.9 Å². The molecule has 0 aliphatic carbocycles. The van der Waals surface area contributed by atoms with Gasteiger partial charge in [0.05, 0.1) is 6.61 Å². The van der Waals surface area contributed by atoms with Crippen molar-refractivity contribution in [1.82, 2.24) is 25.1 Å². The number of hydrogen-bond donors (Lipinski definition) is 2. The number of carbonyl (C=O) groups is 1. The van der Waals surface area contributed by atoms with Gasteiger partial charge in [-0.05, 0) is 24.0 Å². The number of nitrogens with zero attached hydrogens (tertiary/aromatic N) is 4. The van der Waals surface area contributed by atoms with Gasteiger partial charge in [-0.2, -0.15) is 4.98 Å². The van der Waals surface area contributed by atoms with E-state index in [0.29, 0.717) is 38.5 Å². The number of aromatic amines is 2. The molecule has 8 nitrogen and oxygen atoms in total. The number of hydrogen-bond acceptors (Lipinski definition) is 6. The maximum absolute atomic E-state index is 12.7. The van der Waals surface area contributed by atoms with Crippen molar-refractivity contribution in [2.24, 2.45) is 5.92 Å². The number of rotatable bonds is 9. The molecular formula is C22H27F3N6O2. The predicted octanol–water partition coefficient (Wildman–Crippen LogP) is 3.40. The summed E-state index contributed by atoms with van der Waals surface area (Å²) in [4.78, 5) is 24.2. The Balaban J connectivity index is 1.25. The molecule has 0 bridgehead atoms. The highest BCUT2D eigenvalue weighted by Gasteiger charge is 2.29. The van der Waals surface area contributed by atoms with Crippen LogP contribution in [0, 0.1) is 5.92 Å². The van der Waals surface area contributed by atoms with Gasteiger partial charge in [0.25, 0.3) is 0 Å². The molecule has 1 saturated heterocycles. The van der Waals surface area contributed by atoms with Crippen molar-refractivity contribution in [3.05, 3.63) is 41.9 Å². The molecule has 0 amide bonds. The zero-order valence-electron chi connectivity index (χ0n) is 18.4. The van der Waals surface area contributed by atoms with E-state index in [9.17, 15) is 18.0 Å². The number of aromatic nitrogens is 4. The Kier molecular flexibility index (Phi) is 6.99. The van der Waals surface area contributed by atoms with E-state index in [1.807, 2.05) is 41.1 Å². The molecule has 4 rings (SSSR count). The number of halogens is 3. The highest BCUT2D eigenvalue weighted by atomic mass is 19.4. The molecule has 3 heterocycles. The van der Waals surface area contributed by atoms with E-state index in [0.717, 1.165) is 11.9 Å². The van der Waals surface area contributed by atoms with E-state index < -0.39 is 6.36 Å². The number of anilines is 1. The molecule has 33 heavy (non-hydrogen) atoms. The summed E-state index contributed by atoms with van der Waals surface area (Å²) in [7, 11) is 0. The second-order valence-corrected chi connectivity index (χ2v) is 8.40. The van der Waals surface area contributed by atoms with Crippen LogP contribution in [0.15, 0.2) is 30.5 Å². The summed E-state index contributed by atoms with van der Waals surface area (Å²) in [5.74, 6) is 0.711. The molecule has 0 saturated carbocycles. The Morgan fingerprint density at radius 1 is 1.21 bits per heavy atom. The predicted molar refractivity (Wildman–Crippen MR) is 117 cm³/mol. The van der Waals surface area contributed by atoms with Gasteiger partial charge in [-0.3, -0.25) is 19.5 Å². The van der Waals surface area contributed by atoms with Gasteiger partial charge in [-0.15, -0.1) is 18.3 Å². The van der Waals surface area contributed by atoms with Crippen molar-refractivity contribution in [3.63, 3.8) is 0 Å². The number of alkyl halides is 3. The normalized spacial score (nSPS) is 16.4. The summed E-state index contributed by atoms with van der Waals surface area (Å²) < 4.78 is 40.1. The maximum atomic E-state index is 12.7. The van der Waals surface area contributed by atoms with E-state index >= 15 is 0 Å². The molecule has 0 radical (unpaired) electrons. The fourth-order valence-corrected chi connectivity index (χ4v) is 4.14. The number of fused-ring (bicyclic) bond motifs is 1. The van der Waals surface area contributed by atoms with E-state index in [2.05, 4.69) is 31.0 Å². The van der Waals surface area contributed by atoms with Crippen molar-refractivity contribution in [2.75, 3.05) is 44.2 Å². The molecule has 1 atom stereocenters. The van der Waals surface area contributed by atoms with Crippen molar-refractivity contribution < 1.29 is 22.7 Å². The molecule has 1 aliphatic heterocycles. The van der Waals surface area contributed by atoms with Crippen LogP contribution < -0.4 is 4.90 Å². The number of nitrogens with one attached hydrogen (secondary N) is 2. The number of H-pyrrole nitrogens is 2. The van der Waals surface area contributed by atoms with Crippen molar-refractivity contribution in [1.29, 1.82) is 0 Å². The lowest BCUT2D eigenvalue weighted by Gasteiger charge is -2.33. The standard InChI is InChI=1S/C22H27F3N6O2/c1-15(12-16-14-26-18-5-3-2-4-17(16)18)13-19(32)20-27-21(29-28-20)31-8-6-30(7-9-31)10-11-33-22(23,24)25/h2-5,14-15,26H,6-13H2,1H3,(H,27,28,29). The number of benzene rings is 1. The minimum absolute atomic E-state index is 0.0935. The van der Waals surface area contributed by atoms with Crippen LogP contribution in [-0.4, -0.2) is 76.5 Å². The van der Waals surface area contributed by atoms with Gasteiger partial charge in [0.1, 0.15) is 0 Å². The largest absolute Gasteiger partial charge is 0.522 e. The lowest BCUT2D eigenvalue weighted by molar-refractivity contribution is -0.325. The Morgan fingerprint density at radius 2 is 1.97 bits per heavy atom. The van der Waals surface area contributed by atoms with E-state index in [-0.39, 0.29) is 30.7 Å². The molecule has 2 aromatic heterocycles. The summed E-state index contributed by atoms with van der Waals surface area (Å²) in [5, 5.41) is 8.09. The van der Waals surface area contributed by atoms with Gasteiger partial charge in [-0.1, -0.05) is 25.1 Å². The molecule has 0 spiro atoms. The smallest absolute Gasteiger partial charge is 0.361 e. The Labute approximate surface area is 189 Å². The highest BCUT2D eigenvalue weighted by molar-refractivity contribution is 5.93. The topological polar surface area (TPSA) is 90.1 Å². The number of para-hydroxylation sites is 1. The summed E-state index contributed by atoms with van der Waals surface area (Å²) in [6, 6.07) is 8.09. The molecule has 1 unspecified atom stereocenters. The molecule has 178 valence electrons.